The van der Waals surface area contributed by atoms with Crippen molar-refractivity contribution in [3.8, 4) is 0 Å². The molecule has 21 heavy (non-hydrogen) atoms. The summed E-state index contributed by atoms with van der Waals surface area (Å²) in [5.74, 6) is 0.0183. The average molecular weight is 314 g/mol. The molecule has 0 unspecified atom stereocenters. The molecule has 1 heterocycles. The third-order valence-electron chi connectivity index (χ3n) is 3.01. The summed E-state index contributed by atoms with van der Waals surface area (Å²) in [4.78, 5) is 5.63. The van der Waals surface area contributed by atoms with E-state index in [-0.39, 0.29) is 5.84 Å². The number of hydrogen-bond donors (Lipinski definition) is 2. The van der Waals surface area contributed by atoms with Crippen molar-refractivity contribution >= 4 is 40.1 Å². The molecule has 3 aromatic rings. The van der Waals surface area contributed by atoms with Crippen LogP contribution in [0, 0.1) is 5.41 Å². The Hall–Kier alpha value is -2.04. The first kappa shape index (κ1) is 13.9. The molecule has 0 radical (unpaired) electrons. The number of benzene rings is 2. The van der Waals surface area contributed by atoms with Crippen LogP contribution in [0.1, 0.15) is 5.56 Å². The van der Waals surface area contributed by atoms with Crippen LogP contribution < -0.4 is 5.73 Å². The number of nitrogens with one attached hydrogen (secondary N) is 1. The van der Waals surface area contributed by atoms with E-state index in [2.05, 4.69) is 4.98 Å². The fraction of sp³-hybridized carbons (Fsp3) is 0. The highest BCUT2D eigenvalue weighted by Gasteiger charge is 2.11. The van der Waals surface area contributed by atoms with Gasteiger partial charge in [0.1, 0.15) is 10.9 Å². The molecular formula is C16H12ClN3S. The number of rotatable bonds is 3. The number of amidine groups is 1. The SMILES string of the molecule is N=C(N)c1cc2ccccc2nc1Sc1ccc(Cl)cc1. The average Bonchev–Trinajstić information content (AvgIpc) is 2.48. The molecular weight excluding hydrogens is 302 g/mol. The maximum absolute atomic E-state index is 7.75. The van der Waals surface area contributed by atoms with Crippen molar-refractivity contribution in [1.82, 2.24) is 4.98 Å². The predicted octanol–water partition coefficient (Wildman–Crippen LogP) is 4.32. The number of fused-ring (bicyclic) bond motifs is 1. The van der Waals surface area contributed by atoms with Crippen LogP contribution in [0.4, 0.5) is 0 Å². The van der Waals surface area contributed by atoms with Gasteiger partial charge in [-0.05, 0) is 36.4 Å². The molecule has 0 fully saturated rings. The summed E-state index contributed by atoms with van der Waals surface area (Å²) in [6.45, 7) is 0. The van der Waals surface area contributed by atoms with Gasteiger partial charge in [0.05, 0.1) is 5.52 Å². The minimum atomic E-state index is 0.0183. The van der Waals surface area contributed by atoms with E-state index < -0.39 is 0 Å². The van der Waals surface area contributed by atoms with Crippen LogP contribution in [-0.2, 0) is 0 Å². The van der Waals surface area contributed by atoms with Gasteiger partial charge in [0.2, 0.25) is 0 Å². The highest BCUT2D eigenvalue weighted by atomic mass is 35.5. The smallest absolute Gasteiger partial charge is 0.125 e. The van der Waals surface area contributed by atoms with Gasteiger partial charge in [0.15, 0.2) is 0 Å². The number of nitrogens with two attached hydrogens (primary N) is 1. The number of hydrogen-bond acceptors (Lipinski definition) is 3. The molecule has 0 amide bonds. The van der Waals surface area contributed by atoms with Crippen molar-refractivity contribution < 1.29 is 0 Å². The second-order valence-corrected chi connectivity index (χ2v) is 6.00. The van der Waals surface area contributed by atoms with Crippen LogP contribution in [0.2, 0.25) is 5.02 Å². The summed E-state index contributed by atoms with van der Waals surface area (Å²) in [7, 11) is 0. The highest BCUT2D eigenvalue weighted by molar-refractivity contribution is 7.99. The van der Waals surface area contributed by atoms with E-state index in [1.54, 1.807) is 0 Å². The fourth-order valence-electron chi connectivity index (χ4n) is 1.98. The molecule has 0 saturated heterocycles. The molecule has 3 rings (SSSR count). The van der Waals surface area contributed by atoms with E-state index in [4.69, 9.17) is 22.7 Å². The monoisotopic (exact) mass is 313 g/mol. The maximum atomic E-state index is 7.75. The lowest BCUT2D eigenvalue weighted by Crippen LogP contribution is -2.13. The Morgan fingerprint density at radius 3 is 2.52 bits per heavy atom. The van der Waals surface area contributed by atoms with E-state index >= 15 is 0 Å². The van der Waals surface area contributed by atoms with Crippen molar-refractivity contribution in [3.63, 3.8) is 0 Å². The third kappa shape index (κ3) is 3.01. The highest BCUT2D eigenvalue weighted by Crippen LogP contribution is 2.31. The molecule has 0 bridgehead atoms. The van der Waals surface area contributed by atoms with E-state index in [1.165, 1.54) is 11.8 Å². The zero-order chi connectivity index (χ0) is 14.8. The summed E-state index contributed by atoms with van der Waals surface area (Å²) in [6.07, 6.45) is 0. The number of halogens is 1. The van der Waals surface area contributed by atoms with Crippen LogP contribution in [0.3, 0.4) is 0 Å². The first-order valence-electron chi connectivity index (χ1n) is 6.31. The largest absolute Gasteiger partial charge is 0.384 e. The standard InChI is InChI=1S/C16H12ClN3S/c17-11-5-7-12(8-6-11)21-16-13(15(18)19)9-10-3-1-2-4-14(10)20-16/h1-9H,(H3,18,19). The van der Waals surface area contributed by atoms with Gasteiger partial charge >= 0.3 is 0 Å². The number of nitrogens with zero attached hydrogens (tertiary/aromatic N) is 1. The van der Waals surface area contributed by atoms with Gasteiger partial charge in [0, 0.05) is 20.9 Å². The van der Waals surface area contributed by atoms with Crippen molar-refractivity contribution in [3.05, 3.63) is 65.2 Å². The van der Waals surface area contributed by atoms with Gasteiger partial charge < -0.3 is 5.73 Å². The Kier molecular flexibility index (Phi) is 3.82. The lowest BCUT2D eigenvalue weighted by molar-refractivity contribution is 1.16. The number of nitrogen functional groups attached to an aromatic ring is 1. The minimum Gasteiger partial charge on any atom is -0.384 e. The maximum Gasteiger partial charge on any atom is 0.125 e. The van der Waals surface area contributed by atoms with E-state index in [0.29, 0.717) is 10.6 Å². The second-order valence-electron chi connectivity index (χ2n) is 4.50. The second kappa shape index (κ2) is 5.76. The topological polar surface area (TPSA) is 62.8 Å². The quantitative estimate of drug-likeness (QED) is 0.559. The number of para-hydroxylation sites is 1. The van der Waals surface area contributed by atoms with Crippen molar-refractivity contribution in [1.29, 1.82) is 5.41 Å². The van der Waals surface area contributed by atoms with Gasteiger partial charge in [-0.1, -0.05) is 41.6 Å². The molecule has 0 spiro atoms. The summed E-state index contributed by atoms with van der Waals surface area (Å²) in [5, 5.41) is 10.1. The van der Waals surface area contributed by atoms with Crippen LogP contribution in [0.25, 0.3) is 10.9 Å². The third-order valence-corrected chi connectivity index (χ3v) is 4.27. The summed E-state index contributed by atoms with van der Waals surface area (Å²) < 4.78 is 0. The molecule has 0 aliphatic carbocycles. The van der Waals surface area contributed by atoms with E-state index in [9.17, 15) is 0 Å². The molecule has 2 aromatic carbocycles. The zero-order valence-electron chi connectivity index (χ0n) is 11.0. The van der Waals surface area contributed by atoms with Gasteiger partial charge in [-0.15, -0.1) is 0 Å². The Labute approximate surface area is 131 Å². The Balaban J connectivity index is 2.09. The number of pyridine rings is 1. The summed E-state index contributed by atoms with van der Waals surface area (Å²) in [6, 6.07) is 17.2. The lowest BCUT2D eigenvalue weighted by atomic mass is 10.1. The van der Waals surface area contributed by atoms with Gasteiger partial charge in [-0.2, -0.15) is 0 Å². The van der Waals surface area contributed by atoms with Crippen LogP contribution in [0.5, 0.6) is 0 Å². The first-order chi connectivity index (χ1) is 10.1. The number of aromatic nitrogens is 1. The summed E-state index contributed by atoms with van der Waals surface area (Å²) in [5.41, 5.74) is 7.23. The van der Waals surface area contributed by atoms with E-state index in [1.807, 2.05) is 54.6 Å². The molecule has 5 heteroatoms. The van der Waals surface area contributed by atoms with Crippen molar-refractivity contribution in [2.75, 3.05) is 0 Å². The van der Waals surface area contributed by atoms with Crippen molar-refractivity contribution in [2.24, 2.45) is 5.73 Å². The fourth-order valence-corrected chi connectivity index (χ4v) is 3.03. The molecule has 3 N–H and O–H groups in total. The molecule has 3 nitrogen and oxygen atoms in total. The lowest BCUT2D eigenvalue weighted by Gasteiger charge is -2.09. The first-order valence-corrected chi connectivity index (χ1v) is 7.50. The van der Waals surface area contributed by atoms with Crippen LogP contribution in [-0.4, -0.2) is 10.8 Å². The van der Waals surface area contributed by atoms with Crippen molar-refractivity contribution in [2.45, 2.75) is 9.92 Å². The predicted molar refractivity (Wildman–Crippen MR) is 88.3 cm³/mol. The van der Waals surface area contributed by atoms with Gasteiger partial charge in [-0.3, -0.25) is 5.41 Å². The molecule has 1 aromatic heterocycles. The van der Waals surface area contributed by atoms with Gasteiger partial charge in [0.25, 0.3) is 0 Å². The Bertz CT molecular complexity index is 815. The minimum absolute atomic E-state index is 0.0183. The molecule has 104 valence electrons. The van der Waals surface area contributed by atoms with E-state index in [0.717, 1.165) is 20.8 Å². The molecule has 0 aliphatic heterocycles. The van der Waals surface area contributed by atoms with Gasteiger partial charge in [-0.25, -0.2) is 4.98 Å². The molecule has 0 aliphatic rings. The normalized spacial score (nSPS) is 10.7. The zero-order valence-corrected chi connectivity index (χ0v) is 12.6. The Morgan fingerprint density at radius 2 is 1.81 bits per heavy atom. The van der Waals surface area contributed by atoms with Crippen LogP contribution >= 0.6 is 23.4 Å². The van der Waals surface area contributed by atoms with Crippen LogP contribution in [0.15, 0.2) is 64.5 Å². The molecule has 0 saturated carbocycles. The molecule has 0 atom stereocenters. The summed E-state index contributed by atoms with van der Waals surface area (Å²) >= 11 is 7.37. The Morgan fingerprint density at radius 1 is 1.10 bits per heavy atom.